The van der Waals surface area contributed by atoms with Gasteiger partial charge in [0.15, 0.2) is 11.5 Å². The van der Waals surface area contributed by atoms with Gasteiger partial charge in [0.1, 0.15) is 5.82 Å². The van der Waals surface area contributed by atoms with Crippen LogP contribution in [0, 0.1) is 5.82 Å². The molecule has 1 atom stereocenters. The molecule has 78 valence electrons. The van der Waals surface area contributed by atoms with Gasteiger partial charge in [-0.15, -0.1) is 0 Å². The zero-order valence-corrected chi connectivity index (χ0v) is 8.25. The Balaban J connectivity index is 3.17. The van der Waals surface area contributed by atoms with Crippen molar-refractivity contribution in [2.24, 2.45) is 5.73 Å². The first-order chi connectivity index (χ1) is 6.60. The van der Waals surface area contributed by atoms with E-state index < -0.39 is 5.82 Å². The van der Waals surface area contributed by atoms with Gasteiger partial charge in [-0.1, -0.05) is 6.92 Å². The van der Waals surface area contributed by atoms with Gasteiger partial charge in [-0.2, -0.15) is 0 Å². The monoisotopic (exact) mass is 199 g/mol. The number of rotatable bonds is 3. The molecule has 0 aliphatic rings. The smallest absolute Gasteiger partial charge is 0.161 e. The van der Waals surface area contributed by atoms with Gasteiger partial charge in [-0.05, 0) is 12.5 Å². The summed E-state index contributed by atoms with van der Waals surface area (Å²) >= 11 is 0. The van der Waals surface area contributed by atoms with Crippen molar-refractivity contribution < 1.29 is 14.2 Å². The second-order valence-electron chi connectivity index (χ2n) is 3.06. The van der Waals surface area contributed by atoms with Crippen molar-refractivity contribution in [2.75, 3.05) is 7.11 Å². The van der Waals surface area contributed by atoms with Crippen molar-refractivity contribution in [3.8, 4) is 11.5 Å². The molecule has 0 saturated carbocycles. The van der Waals surface area contributed by atoms with Crippen LogP contribution in [0.5, 0.6) is 11.5 Å². The fraction of sp³-hybridized carbons (Fsp3) is 0.400. The molecule has 1 aromatic carbocycles. The summed E-state index contributed by atoms with van der Waals surface area (Å²) < 4.78 is 18.2. The normalized spacial score (nSPS) is 12.6. The van der Waals surface area contributed by atoms with E-state index in [0.29, 0.717) is 12.0 Å². The highest BCUT2D eigenvalue weighted by Gasteiger charge is 2.14. The number of phenolic OH excluding ortho intramolecular Hbond substituents is 1. The number of hydrogen-bond donors (Lipinski definition) is 2. The Kier molecular flexibility index (Phi) is 3.30. The predicted molar refractivity (Wildman–Crippen MR) is 51.8 cm³/mol. The highest BCUT2D eigenvalue weighted by molar-refractivity contribution is 5.43. The van der Waals surface area contributed by atoms with Crippen LogP contribution in [0.25, 0.3) is 0 Å². The Labute approximate surface area is 82.3 Å². The van der Waals surface area contributed by atoms with Gasteiger partial charge in [0.05, 0.1) is 7.11 Å². The minimum absolute atomic E-state index is 0.211. The number of phenols is 1. The van der Waals surface area contributed by atoms with Crippen molar-refractivity contribution in [1.82, 2.24) is 0 Å². The number of hydrogen-bond acceptors (Lipinski definition) is 3. The van der Waals surface area contributed by atoms with Gasteiger partial charge in [-0.3, -0.25) is 0 Å². The SMILES string of the molecule is CC[C@@H](N)c1cc(OC)c(O)cc1F. The second kappa shape index (κ2) is 4.28. The molecule has 1 aromatic rings. The van der Waals surface area contributed by atoms with Gasteiger partial charge in [-0.25, -0.2) is 4.39 Å². The highest BCUT2D eigenvalue weighted by atomic mass is 19.1. The summed E-state index contributed by atoms with van der Waals surface area (Å²) in [5, 5.41) is 9.26. The summed E-state index contributed by atoms with van der Waals surface area (Å²) in [6.07, 6.45) is 0.630. The molecule has 0 unspecified atom stereocenters. The summed E-state index contributed by atoms with van der Waals surface area (Å²) in [4.78, 5) is 0. The van der Waals surface area contributed by atoms with Crippen LogP contribution in [0.3, 0.4) is 0 Å². The van der Waals surface area contributed by atoms with E-state index in [0.717, 1.165) is 6.07 Å². The average Bonchev–Trinajstić information content (AvgIpc) is 2.17. The van der Waals surface area contributed by atoms with E-state index in [-0.39, 0.29) is 17.5 Å². The number of halogens is 1. The Morgan fingerprint density at radius 1 is 1.57 bits per heavy atom. The molecule has 0 spiro atoms. The first-order valence-electron chi connectivity index (χ1n) is 4.42. The first-order valence-corrected chi connectivity index (χ1v) is 4.42. The molecule has 0 bridgehead atoms. The van der Waals surface area contributed by atoms with Crippen molar-refractivity contribution in [3.63, 3.8) is 0 Å². The van der Waals surface area contributed by atoms with E-state index >= 15 is 0 Å². The van der Waals surface area contributed by atoms with E-state index in [1.807, 2.05) is 6.92 Å². The molecule has 0 aliphatic heterocycles. The third-order valence-corrected chi connectivity index (χ3v) is 2.14. The molecule has 1 rings (SSSR count). The molecule has 0 saturated heterocycles. The maximum Gasteiger partial charge on any atom is 0.161 e. The summed E-state index contributed by atoms with van der Waals surface area (Å²) in [5.41, 5.74) is 6.05. The first kappa shape index (κ1) is 10.8. The van der Waals surface area contributed by atoms with Gasteiger partial charge in [0, 0.05) is 17.7 Å². The number of methoxy groups -OCH3 is 1. The lowest BCUT2D eigenvalue weighted by atomic mass is 10.0. The summed E-state index contributed by atoms with van der Waals surface area (Å²) in [6, 6.07) is 2.08. The van der Waals surface area contributed by atoms with Gasteiger partial charge >= 0.3 is 0 Å². The number of nitrogens with two attached hydrogens (primary N) is 1. The topological polar surface area (TPSA) is 55.5 Å². The van der Waals surface area contributed by atoms with Crippen molar-refractivity contribution >= 4 is 0 Å². The predicted octanol–water partition coefficient (Wildman–Crippen LogP) is 1.95. The van der Waals surface area contributed by atoms with Crippen molar-refractivity contribution in [1.29, 1.82) is 0 Å². The van der Waals surface area contributed by atoms with E-state index in [1.54, 1.807) is 0 Å². The average molecular weight is 199 g/mol. The maximum atomic E-state index is 13.3. The van der Waals surface area contributed by atoms with E-state index in [1.165, 1.54) is 13.2 Å². The minimum atomic E-state index is -0.502. The lowest BCUT2D eigenvalue weighted by Gasteiger charge is -2.12. The molecule has 0 aliphatic carbocycles. The molecular weight excluding hydrogens is 185 g/mol. The van der Waals surface area contributed by atoms with Crippen molar-refractivity contribution in [2.45, 2.75) is 19.4 Å². The van der Waals surface area contributed by atoms with Gasteiger partial charge < -0.3 is 15.6 Å². The van der Waals surface area contributed by atoms with Crippen LogP contribution < -0.4 is 10.5 Å². The largest absolute Gasteiger partial charge is 0.504 e. The summed E-state index contributed by atoms with van der Waals surface area (Å²) in [6.45, 7) is 1.86. The molecule has 3 N–H and O–H groups in total. The third kappa shape index (κ3) is 1.96. The van der Waals surface area contributed by atoms with Gasteiger partial charge in [0.25, 0.3) is 0 Å². The van der Waals surface area contributed by atoms with E-state index in [2.05, 4.69) is 0 Å². The van der Waals surface area contributed by atoms with Crippen LogP contribution in [0.15, 0.2) is 12.1 Å². The fourth-order valence-corrected chi connectivity index (χ4v) is 1.23. The van der Waals surface area contributed by atoms with E-state index in [4.69, 9.17) is 10.5 Å². The van der Waals surface area contributed by atoms with E-state index in [9.17, 15) is 9.50 Å². The Hall–Kier alpha value is -1.29. The minimum Gasteiger partial charge on any atom is -0.504 e. The molecule has 0 amide bonds. The van der Waals surface area contributed by atoms with Gasteiger partial charge in [0.2, 0.25) is 0 Å². The quantitative estimate of drug-likeness (QED) is 0.782. The fourth-order valence-electron chi connectivity index (χ4n) is 1.23. The summed E-state index contributed by atoms with van der Waals surface area (Å²) in [7, 11) is 1.41. The second-order valence-corrected chi connectivity index (χ2v) is 3.06. The maximum absolute atomic E-state index is 13.3. The Morgan fingerprint density at radius 3 is 2.71 bits per heavy atom. The molecule has 0 aromatic heterocycles. The molecule has 0 fully saturated rings. The van der Waals surface area contributed by atoms with Crippen LogP contribution in [0.1, 0.15) is 24.9 Å². The number of benzene rings is 1. The van der Waals surface area contributed by atoms with Crippen LogP contribution >= 0.6 is 0 Å². The third-order valence-electron chi connectivity index (χ3n) is 2.14. The zero-order valence-electron chi connectivity index (χ0n) is 8.25. The molecule has 0 heterocycles. The molecule has 3 nitrogen and oxygen atoms in total. The van der Waals surface area contributed by atoms with Crippen molar-refractivity contribution in [3.05, 3.63) is 23.5 Å². The summed E-state index contributed by atoms with van der Waals surface area (Å²) in [5.74, 6) is -0.472. The lowest BCUT2D eigenvalue weighted by Crippen LogP contribution is -2.10. The molecule has 4 heteroatoms. The van der Waals surface area contributed by atoms with Crippen LogP contribution in [0.2, 0.25) is 0 Å². The van der Waals surface area contributed by atoms with Crippen LogP contribution in [-0.2, 0) is 0 Å². The molecule has 14 heavy (non-hydrogen) atoms. The molecule has 0 radical (unpaired) electrons. The molecular formula is C10H14FNO2. The Morgan fingerprint density at radius 2 is 2.21 bits per heavy atom. The van der Waals surface area contributed by atoms with Crippen LogP contribution in [-0.4, -0.2) is 12.2 Å². The number of aromatic hydroxyl groups is 1. The zero-order chi connectivity index (χ0) is 10.7. The number of ether oxygens (including phenoxy) is 1. The Bertz CT molecular complexity index is 328. The standard InChI is InChI=1S/C10H14FNO2/c1-3-8(12)6-4-10(14-2)9(13)5-7(6)11/h4-5,8,13H,3,12H2,1-2H3/t8-/m1/s1. The lowest BCUT2D eigenvalue weighted by molar-refractivity contribution is 0.369. The van der Waals surface area contributed by atoms with Crippen LogP contribution in [0.4, 0.5) is 4.39 Å². The highest BCUT2D eigenvalue weighted by Crippen LogP contribution is 2.31.